The first-order chi connectivity index (χ1) is 22.0. The van der Waals surface area contributed by atoms with Gasteiger partial charge in [-0.1, -0.05) is 17.7 Å². The number of fused-ring (bicyclic) bond motifs is 2. The molecular weight excluding hydrogens is 600 g/mol. The molecule has 2 saturated heterocycles. The summed E-state index contributed by atoms with van der Waals surface area (Å²) in [6.07, 6.45) is 11.5. The number of hydrogen-bond donors (Lipinski definition) is 1. The van der Waals surface area contributed by atoms with E-state index in [-0.39, 0.29) is 52.7 Å². The molecule has 1 N–H and O–H groups in total. The zero-order valence-electron chi connectivity index (χ0n) is 28.4. The van der Waals surface area contributed by atoms with Crippen LogP contribution in [0.25, 0.3) is 6.08 Å². The average Bonchev–Trinajstić information content (AvgIpc) is 3.55. The number of hydrogen-bond acceptors (Lipinski definition) is 9. The third kappa shape index (κ3) is 4.45. The fourth-order valence-electron chi connectivity index (χ4n) is 8.70. The predicted molar refractivity (Wildman–Crippen MR) is 173 cm³/mol. The van der Waals surface area contributed by atoms with Crippen LogP contribution in [0.15, 0.2) is 41.2 Å². The van der Waals surface area contributed by atoms with Crippen LogP contribution in [0.4, 0.5) is 0 Å². The second-order valence-corrected chi connectivity index (χ2v) is 15.5. The van der Waals surface area contributed by atoms with E-state index in [0.717, 1.165) is 6.42 Å². The van der Waals surface area contributed by atoms with E-state index in [4.69, 9.17) is 23.7 Å². The van der Waals surface area contributed by atoms with E-state index in [2.05, 4.69) is 19.9 Å². The molecule has 6 atom stereocenters. The standard InChI is InChI=1S/C38H44O9/c1-20(2)10-9-13-36(8)14-12-23-29(40)28-30(41)25-16-22-17-26-34(4,5)47-37(33(22)42,15-11-21(3)43-19-39)38(25,26)46-32(28)24(31(23)45-36)18-27-35(6,7)44-27/h10-12,14,16,19,22,26-27,40H,9,13,15,17-18H2,1-8H3/b21-11-/t22-,26?,27?,36+,37?,38-/m1/s1. The average molecular weight is 645 g/mol. The number of rotatable bonds is 9. The number of Topliss-reactive ketones (excluding diaryl/α,β-unsaturated/α-hetero) is 2. The first-order valence-corrected chi connectivity index (χ1v) is 16.6. The number of phenols is 1. The zero-order valence-corrected chi connectivity index (χ0v) is 28.4. The van der Waals surface area contributed by atoms with Crippen LogP contribution in [0.1, 0.15) is 103 Å². The number of allylic oxidation sites excluding steroid dienone is 4. The maximum Gasteiger partial charge on any atom is 0.298 e. The molecule has 7 aliphatic rings. The Morgan fingerprint density at radius 3 is 2.43 bits per heavy atom. The predicted octanol–water partition coefficient (Wildman–Crippen LogP) is 6.50. The second-order valence-electron chi connectivity index (χ2n) is 15.5. The van der Waals surface area contributed by atoms with Crippen LogP contribution in [-0.4, -0.2) is 57.3 Å². The number of carbonyl (C=O) groups excluding carboxylic acids is 3. The molecule has 250 valence electrons. The minimum atomic E-state index is -1.56. The molecule has 4 heterocycles. The van der Waals surface area contributed by atoms with Crippen molar-refractivity contribution in [2.75, 3.05) is 0 Å². The van der Waals surface area contributed by atoms with Crippen molar-refractivity contribution in [1.82, 2.24) is 0 Å². The van der Waals surface area contributed by atoms with Crippen molar-refractivity contribution in [3.05, 3.63) is 57.9 Å². The number of ether oxygens (including phenoxy) is 5. The fourth-order valence-corrected chi connectivity index (χ4v) is 8.70. The van der Waals surface area contributed by atoms with Gasteiger partial charge in [-0.3, -0.25) is 14.4 Å². The molecular formula is C38H44O9. The lowest BCUT2D eigenvalue weighted by atomic mass is 9.51. The quantitative estimate of drug-likeness (QED) is 0.139. The lowest BCUT2D eigenvalue weighted by Crippen LogP contribution is -2.72. The first kappa shape index (κ1) is 31.9. The smallest absolute Gasteiger partial charge is 0.298 e. The van der Waals surface area contributed by atoms with Gasteiger partial charge in [0.15, 0.2) is 22.8 Å². The van der Waals surface area contributed by atoms with Crippen LogP contribution in [0.5, 0.6) is 17.2 Å². The van der Waals surface area contributed by atoms with Crippen molar-refractivity contribution in [1.29, 1.82) is 0 Å². The van der Waals surface area contributed by atoms with Crippen molar-refractivity contribution < 1.29 is 43.2 Å². The highest BCUT2D eigenvalue weighted by Crippen LogP contribution is 2.69. The van der Waals surface area contributed by atoms with Crippen LogP contribution < -0.4 is 9.47 Å². The van der Waals surface area contributed by atoms with E-state index in [1.54, 1.807) is 19.1 Å². The highest BCUT2D eigenvalue weighted by atomic mass is 16.6. The van der Waals surface area contributed by atoms with Crippen molar-refractivity contribution in [3.8, 4) is 17.2 Å². The Labute approximate surface area is 275 Å². The highest BCUT2D eigenvalue weighted by Gasteiger charge is 2.81. The van der Waals surface area contributed by atoms with Gasteiger partial charge >= 0.3 is 0 Å². The van der Waals surface area contributed by atoms with E-state index in [9.17, 15) is 19.5 Å². The Balaban J connectivity index is 1.43. The van der Waals surface area contributed by atoms with Gasteiger partial charge < -0.3 is 28.8 Å². The molecule has 0 amide bonds. The molecule has 1 aromatic carbocycles. The molecule has 0 aromatic heterocycles. The van der Waals surface area contributed by atoms with Gasteiger partial charge in [0.05, 0.1) is 22.9 Å². The summed E-state index contributed by atoms with van der Waals surface area (Å²) in [5, 5.41) is 11.8. The van der Waals surface area contributed by atoms with E-state index < -0.39 is 28.3 Å². The minimum absolute atomic E-state index is 0.0363. The molecule has 9 nitrogen and oxygen atoms in total. The third-order valence-corrected chi connectivity index (χ3v) is 11.2. The Morgan fingerprint density at radius 1 is 1.04 bits per heavy atom. The molecule has 1 saturated carbocycles. The Hall–Kier alpha value is -3.69. The molecule has 9 heteroatoms. The van der Waals surface area contributed by atoms with Crippen LogP contribution in [-0.2, 0) is 30.2 Å². The van der Waals surface area contributed by atoms with Crippen LogP contribution in [0, 0.1) is 11.8 Å². The highest BCUT2D eigenvalue weighted by molar-refractivity contribution is 6.19. The fraction of sp³-hybridized carbons (Fsp3) is 0.553. The van der Waals surface area contributed by atoms with Gasteiger partial charge in [-0.15, -0.1) is 0 Å². The SMILES string of the molecule is CC(C)=CCC[C@@]1(C)C=Cc2c(O)c3c(c(CC4OC4(C)C)c2O1)O[C@]12C(=C[C@@H]4CC1C(C)(C)OC2(C/C=C(/C)OC=O)C4=O)C3=O. The molecule has 4 bridgehead atoms. The Bertz CT molecular complexity index is 1740. The summed E-state index contributed by atoms with van der Waals surface area (Å²) in [4.78, 5) is 40.3. The van der Waals surface area contributed by atoms with Crippen molar-refractivity contribution >= 4 is 24.1 Å². The number of phenolic OH excluding ortho intramolecular Hbond substituents is 1. The van der Waals surface area contributed by atoms with Crippen molar-refractivity contribution in [2.24, 2.45) is 11.8 Å². The number of aromatic hydroxyl groups is 1. The van der Waals surface area contributed by atoms with Gasteiger partial charge in [-0.25, -0.2) is 0 Å². The molecule has 8 rings (SSSR count). The zero-order chi connectivity index (χ0) is 33.9. The van der Waals surface area contributed by atoms with E-state index in [0.29, 0.717) is 53.9 Å². The molecule has 3 unspecified atom stereocenters. The van der Waals surface area contributed by atoms with Gasteiger partial charge in [-0.2, -0.15) is 0 Å². The molecule has 3 fully saturated rings. The lowest BCUT2D eigenvalue weighted by Gasteiger charge is -2.56. The van der Waals surface area contributed by atoms with Gasteiger partial charge in [0.2, 0.25) is 0 Å². The van der Waals surface area contributed by atoms with E-state index in [1.165, 1.54) is 5.57 Å². The Kier molecular flexibility index (Phi) is 6.89. The normalized spacial score (nSPS) is 34.8. The summed E-state index contributed by atoms with van der Waals surface area (Å²) in [6.45, 7) is 16.0. The summed E-state index contributed by atoms with van der Waals surface area (Å²) in [6, 6.07) is 0. The molecule has 3 aliphatic carbocycles. The molecule has 0 radical (unpaired) electrons. The molecule has 1 aromatic rings. The summed E-state index contributed by atoms with van der Waals surface area (Å²) in [5.41, 5.74) is -2.26. The first-order valence-electron chi connectivity index (χ1n) is 16.6. The summed E-state index contributed by atoms with van der Waals surface area (Å²) in [7, 11) is 0. The second kappa shape index (κ2) is 10.2. The maximum atomic E-state index is 14.8. The van der Waals surface area contributed by atoms with Crippen LogP contribution >= 0.6 is 0 Å². The number of ketones is 2. The lowest BCUT2D eigenvalue weighted by molar-refractivity contribution is -0.171. The minimum Gasteiger partial charge on any atom is -0.506 e. The van der Waals surface area contributed by atoms with Crippen molar-refractivity contribution in [3.63, 3.8) is 0 Å². The third-order valence-electron chi connectivity index (χ3n) is 11.2. The molecule has 4 aliphatic heterocycles. The van der Waals surface area contributed by atoms with Crippen LogP contribution in [0.3, 0.4) is 0 Å². The topological polar surface area (TPSA) is 121 Å². The number of carbonyl (C=O) groups is 3. The van der Waals surface area contributed by atoms with Gasteiger partial charge in [-0.05, 0) is 92.9 Å². The largest absolute Gasteiger partial charge is 0.506 e. The van der Waals surface area contributed by atoms with Crippen LogP contribution in [0.2, 0.25) is 0 Å². The van der Waals surface area contributed by atoms with Gasteiger partial charge in [0, 0.05) is 35.8 Å². The monoisotopic (exact) mass is 644 g/mol. The van der Waals surface area contributed by atoms with Crippen molar-refractivity contribution in [2.45, 2.75) is 122 Å². The summed E-state index contributed by atoms with van der Waals surface area (Å²) in [5.74, 6) is -0.691. The number of benzene rings is 1. The molecule has 47 heavy (non-hydrogen) atoms. The van der Waals surface area contributed by atoms with E-state index >= 15 is 0 Å². The van der Waals surface area contributed by atoms with Gasteiger partial charge in [0.1, 0.15) is 34.2 Å². The van der Waals surface area contributed by atoms with E-state index in [1.807, 2.05) is 46.8 Å². The molecule has 1 spiro atoms. The number of epoxide rings is 1. The maximum absolute atomic E-state index is 14.8. The summed E-state index contributed by atoms with van der Waals surface area (Å²) >= 11 is 0. The Morgan fingerprint density at radius 2 is 1.77 bits per heavy atom. The summed E-state index contributed by atoms with van der Waals surface area (Å²) < 4.78 is 31.9. The van der Waals surface area contributed by atoms with Gasteiger partial charge in [0.25, 0.3) is 6.47 Å².